The number of rotatable bonds is 1. The maximum absolute atomic E-state index is 13.0. The van der Waals surface area contributed by atoms with E-state index >= 15 is 0 Å². The minimum atomic E-state index is -3.58. The molecular formula is C15H12F2N2O2. The van der Waals surface area contributed by atoms with Crippen LogP contribution >= 0.6 is 0 Å². The molecule has 0 atom stereocenters. The second-order valence-electron chi connectivity index (χ2n) is 5.18. The van der Waals surface area contributed by atoms with Crippen LogP contribution in [0.1, 0.15) is 11.1 Å². The molecule has 4 nitrogen and oxygen atoms in total. The summed E-state index contributed by atoms with van der Waals surface area (Å²) in [5, 5.41) is 0. The smallest absolute Gasteiger partial charge is 0.399 e. The van der Waals surface area contributed by atoms with E-state index in [0.29, 0.717) is 13.1 Å². The Balaban J connectivity index is 1.63. The van der Waals surface area contributed by atoms with Crippen LogP contribution in [0.2, 0.25) is 0 Å². The fourth-order valence-electron chi connectivity index (χ4n) is 2.73. The average Bonchev–Trinajstić information content (AvgIpc) is 2.95. The highest BCUT2D eigenvalue weighted by Gasteiger charge is 2.43. The van der Waals surface area contributed by atoms with Crippen molar-refractivity contribution >= 4 is 11.4 Å². The van der Waals surface area contributed by atoms with Gasteiger partial charge in [-0.15, -0.1) is 8.78 Å². The molecule has 2 aliphatic rings. The first-order valence-corrected chi connectivity index (χ1v) is 6.52. The van der Waals surface area contributed by atoms with Gasteiger partial charge in [-0.05, 0) is 35.4 Å². The molecule has 0 saturated carbocycles. The van der Waals surface area contributed by atoms with E-state index in [-0.39, 0.29) is 11.5 Å². The summed E-state index contributed by atoms with van der Waals surface area (Å²) in [5.41, 5.74) is 9.65. The zero-order valence-electron chi connectivity index (χ0n) is 11.0. The number of alkyl halides is 2. The van der Waals surface area contributed by atoms with Gasteiger partial charge in [-0.2, -0.15) is 0 Å². The summed E-state index contributed by atoms with van der Waals surface area (Å²) < 4.78 is 35.0. The monoisotopic (exact) mass is 290 g/mol. The molecule has 0 fully saturated rings. The van der Waals surface area contributed by atoms with Crippen LogP contribution in [0, 0.1) is 0 Å². The summed E-state index contributed by atoms with van der Waals surface area (Å²) in [5.74, 6) is 0.123. The topological polar surface area (TPSA) is 47.7 Å². The van der Waals surface area contributed by atoms with Gasteiger partial charge in [0.05, 0.1) is 0 Å². The third-order valence-electron chi connectivity index (χ3n) is 3.70. The van der Waals surface area contributed by atoms with Gasteiger partial charge >= 0.3 is 6.29 Å². The average molecular weight is 290 g/mol. The molecule has 2 aliphatic heterocycles. The molecule has 0 saturated heterocycles. The molecule has 108 valence electrons. The highest BCUT2D eigenvalue weighted by atomic mass is 19.3. The molecule has 0 amide bonds. The zero-order valence-corrected chi connectivity index (χ0v) is 11.0. The second kappa shape index (κ2) is 4.00. The van der Waals surface area contributed by atoms with E-state index in [9.17, 15) is 8.78 Å². The first-order valence-electron chi connectivity index (χ1n) is 6.52. The Bertz CT molecular complexity index is 734. The Kier molecular flexibility index (Phi) is 2.34. The molecule has 2 aromatic carbocycles. The summed E-state index contributed by atoms with van der Waals surface area (Å²) in [6.45, 7) is 1.40. The van der Waals surface area contributed by atoms with Crippen molar-refractivity contribution < 1.29 is 18.3 Å². The summed E-state index contributed by atoms with van der Waals surface area (Å²) in [6.07, 6.45) is -3.58. The first kappa shape index (κ1) is 12.3. The van der Waals surface area contributed by atoms with Crippen molar-refractivity contribution in [2.45, 2.75) is 19.4 Å². The van der Waals surface area contributed by atoms with Crippen molar-refractivity contribution in [2.75, 3.05) is 10.6 Å². The third-order valence-corrected chi connectivity index (χ3v) is 3.70. The Morgan fingerprint density at radius 1 is 0.952 bits per heavy atom. The molecule has 0 aromatic heterocycles. The Labute approximate surface area is 119 Å². The lowest BCUT2D eigenvalue weighted by Crippen LogP contribution is -2.25. The number of hydrogen-bond acceptors (Lipinski definition) is 4. The number of nitrogens with two attached hydrogens (primary N) is 1. The molecule has 0 aliphatic carbocycles. The fraction of sp³-hybridized carbons (Fsp3) is 0.200. The molecule has 6 heteroatoms. The molecule has 4 rings (SSSR count). The number of nitrogen functional groups attached to an aromatic ring is 1. The number of nitrogens with zero attached hydrogens (tertiary/aromatic N) is 1. The lowest BCUT2D eigenvalue weighted by atomic mass is 10.1. The van der Waals surface area contributed by atoms with Gasteiger partial charge in [0.2, 0.25) is 0 Å². The third kappa shape index (κ3) is 2.03. The van der Waals surface area contributed by atoms with Crippen molar-refractivity contribution in [3.63, 3.8) is 0 Å². The van der Waals surface area contributed by atoms with Gasteiger partial charge in [0.15, 0.2) is 11.5 Å². The van der Waals surface area contributed by atoms with Crippen LogP contribution in [0.25, 0.3) is 0 Å². The van der Waals surface area contributed by atoms with Crippen molar-refractivity contribution in [1.82, 2.24) is 0 Å². The van der Waals surface area contributed by atoms with E-state index in [4.69, 9.17) is 5.73 Å². The molecular weight excluding hydrogens is 278 g/mol. The number of fused-ring (bicyclic) bond motifs is 2. The summed E-state index contributed by atoms with van der Waals surface area (Å²) in [6, 6.07) is 10.6. The normalized spacial score (nSPS) is 17.9. The standard InChI is InChI=1S/C15H12F2N2O2/c16-15(17)20-13-4-3-12(6-14(13)21-15)19-7-9-1-2-11(18)5-10(9)8-19/h1-6H,7-8,18H2. The maximum atomic E-state index is 13.0. The van der Waals surface area contributed by atoms with Crippen molar-refractivity contribution in [2.24, 2.45) is 0 Å². The maximum Gasteiger partial charge on any atom is 0.586 e. The van der Waals surface area contributed by atoms with Gasteiger partial charge in [-0.25, -0.2) is 0 Å². The van der Waals surface area contributed by atoms with Gasteiger partial charge < -0.3 is 20.1 Å². The van der Waals surface area contributed by atoms with Crippen molar-refractivity contribution in [1.29, 1.82) is 0 Å². The molecule has 0 radical (unpaired) electrons. The second-order valence-corrected chi connectivity index (χ2v) is 5.18. The summed E-state index contributed by atoms with van der Waals surface area (Å²) in [4.78, 5) is 2.07. The Morgan fingerprint density at radius 2 is 1.71 bits per heavy atom. The number of benzene rings is 2. The Morgan fingerprint density at radius 3 is 2.57 bits per heavy atom. The lowest BCUT2D eigenvalue weighted by molar-refractivity contribution is -0.286. The lowest BCUT2D eigenvalue weighted by Gasteiger charge is -2.17. The predicted octanol–water partition coefficient (Wildman–Crippen LogP) is 3.11. The van der Waals surface area contributed by atoms with E-state index in [0.717, 1.165) is 16.9 Å². The Hall–Kier alpha value is -2.50. The highest BCUT2D eigenvalue weighted by molar-refractivity contribution is 5.60. The number of halogens is 2. The van der Waals surface area contributed by atoms with Gasteiger partial charge in [0, 0.05) is 30.5 Å². The molecule has 2 aromatic rings. The van der Waals surface area contributed by atoms with Crippen molar-refractivity contribution in [3.8, 4) is 11.5 Å². The van der Waals surface area contributed by atoms with Crippen LogP contribution < -0.4 is 20.1 Å². The quantitative estimate of drug-likeness (QED) is 0.820. The largest absolute Gasteiger partial charge is 0.586 e. The van der Waals surface area contributed by atoms with Gasteiger partial charge in [-0.1, -0.05) is 6.07 Å². The van der Waals surface area contributed by atoms with Crippen LogP contribution in [0.5, 0.6) is 11.5 Å². The first-order chi connectivity index (χ1) is 10.00. The van der Waals surface area contributed by atoms with E-state index in [1.165, 1.54) is 11.6 Å². The van der Waals surface area contributed by atoms with Gasteiger partial charge in [0.1, 0.15) is 0 Å². The van der Waals surface area contributed by atoms with Crippen LogP contribution in [0.15, 0.2) is 36.4 Å². The number of hydrogen-bond donors (Lipinski definition) is 1. The fourth-order valence-corrected chi connectivity index (χ4v) is 2.73. The van der Waals surface area contributed by atoms with E-state index in [1.807, 2.05) is 18.2 Å². The minimum Gasteiger partial charge on any atom is -0.399 e. The molecule has 0 unspecified atom stereocenters. The van der Waals surface area contributed by atoms with Crippen LogP contribution in [-0.4, -0.2) is 6.29 Å². The minimum absolute atomic E-state index is 0.0599. The SMILES string of the molecule is Nc1ccc2c(c1)CN(c1ccc3c(c1)OC(F)(F)O3)C2. The van der Waals surface area contributed by atoms with Crippen LogP contribution in [0.4, 0.5) is 20.2 Å². The predicted molar refractivity (Wildman–Crippen MR) is 73.4 cm³/mol. The van der Waals surface area contributed by atoms with E-state index in [1.54, 1.807) is 12.1 Å². The summed E-state index contributed by atoms with van der Waals surface area (Å²) >= 11 is 0. The van der Waals surface area contributed by atoms with E-state index in [2.05, 4.69) is 14.4 Å². The van der Waals surface area contributed by atoms with Gasteiger partial charge in [0.25, 0.3) is 0 Å². The molecule has 0 bridgehead atoms. The van der Waals surface area contributed by atoms with E-state index < -0.39 is 6.29 Å². The zero-order chi connectivity index (χ0) is 14.6. The molecule has 2 N–H and O–H groups in total. The van der Waals surface area contributed by atoms with Crippen LogP contribution in [-0.2, 0) is 13.1 Å². The molecule has 21 heavy (non-hydrogen) atoms. The highest BCUT2D eigenvalue weighted by Crippen LogP contribution is 2.43. The van der Waals surface area contributed by atoms with Crippen LogP contribution in [0.3, 0.4) is 0 Å². The summed E-state index contributed by atoms with van der Waals surface area (Å²) in [7, 11) is 0. The van der Waals surface area contributed by atoms with Crippen molar-refractivity contribution in [3.05, 3.63) is 47.5 Å². The van der Waals surface area contributed by atoms with Gasteiger partial charge in [-0.3, -0.25) is 0 Å². The molecule has 2 heterocycles. The molecule has 0 spiro atoms. The number of ether oxygens (including phenoxy) is 2. The number of anilines is 2.